The van der Waals surface area contributed by atoms with Crippen molar-refractivity contribution in [2.45, 2.75) is 19.8 Å². The average molecular weight is 124 g/mol. The van der Waals surface area contributed by atoms with Crippen LogP contribution in [0.15, 0.2) is 6.33 Å². The van der Waals surface area contributed by atoms with E-state index in [1.807, 2.05) is 0 Å². The summed E-state index contributed by atoms with van der Waals surface area (Å²) in [6.45, 7) is 4.10. The number of hydrogen-bond donors (Lipinski definition) is 0. The van der Waals surface area contributed by atoms with Gasteiger partial charge in [-0.25, -0.2) is 4.98 Å². The first-order valence-electron chi connectivity index (χ1n) is 2.92. The molecule has 0 atom stereocenters. The van der Waals surface area contributed by atoms with E-state index in [9.17, 15) is 0 Å². The Morgan fingerprint density at radius 1 is 1.67 bits per heavy atom. The Morgan fingerprint density at radius 2 is 2.33 bits per heavy atom. The van der Waals surface area contributed by atoms with Gasteiger partial charge in [-0.1, -0.05) is 13.8 Å². The van der Waals surface area contributed by atoms with Crippen LogP contribution in [0.3, 0.4) is 0 Å². The summed E-state index contributed by atoms with van der Waals surface area (Å²) in [6.07, 6.45) is 1.61. The molecule has 0 aliphatic rings. The van der Waals surface area contributed by atoms with Crippen molar-refractivity contribution >= 4 is 0 Å². The molecular formula is C6H10N3. The molecule has 1 aromatic heterocycles. The van der Waals surface area contributed by atoms with Gasteiger partial charge in [0.15, 0.2) is 5.82 Å². The molecule has 3 nitrogen and oxygen atoms in total. The number of hydrogen-bond acceptors (Lipinski definition) is 2. The Morgan fingerprint density at radius 3 is 2.56 bits per heavy atom. The molecule has 1 radical (unpaired) electrons. The fourth-order valence-electron chi connectivity index (χ4n) is 0.574. The Bertz CT molecular complexity index is 190. The van der Waals surface area contributed by atoms with Gasteiger partial charge >= 0.3 is 0 Å². The highest BCUT2D eigenvalue weighted by Crippen LogP contribution is 2.05. The minimum atomic E-state index is 0.396. The first-order valence-corrected chi connectivity index (χ1v) is 2.92. The van der Waals surface area contributed by atoms with Crippen molar-refractivity contribution in [1.82, 2.24) is 14.8 Å². The van der Waals surface area contributed by atoms with Crippen molar-refractivity contribution in [2.24, 2.45) is 0 Å². The molecule has 9 heavy (non-hydrogen) atoms. The molecule has 0 spiro atoms. The topological polar surface area (TPSA) is 30.7 Å². The smallest absolute Gasteiger partial charge is 0.153 e. The van der Waals surface area contributed by atoms with Crippen LogP contribution in [-0.2, 0) is 0 Å². The Hall–Kier alpha value is -0.860. The molecule has 1 aromatic rings. The van der Waals surface area contributed by atoms with E-state index < -0.39 is 0 Å². The highest BCUT2D eigenvalue weighted by atomic mass is 15.3. The Kier molecular flexibility index (Phi) is 1.51. The second kappa shape index (κ2) is 2.17. The van der Waals surface area contributed by atoms with Crippen molar-refractivity contribution in [1.29, 1.82) is 0 Å². The van der Waals surface area contributed by atoms with Gasteiger partial charge in [-0.2, -0.15) is 5.10 Å². The molecule has 1 rings (SSSR count). The second-order valence-corrected chi connectivity index (χ2v) is 2.30. The summed E-state index contributed by atoms with van der Waals surface area (Å²) in [4.78, 5) is 4.00. The third-order valence-electron chi connectivity index (χ3n) is 1.07. The minimum absolute atomic E-state index is 0.396. The molecule has 0 aliphatic carbocycles. The van der Waals surface area contributed by atoms with Crippen molar-refractivity contribution < 1.29 is 0 Å². The normalized spacial score (nSPS) is 10.7. The SMILES string of the molecule is [CH2]n1cnc(C(C)C)n1. The van der Waals surface area contributed by atoms with Crippen LogP contribution in [0.4, 0.5) is 0 Å². The molecule has 0 bridgehead atoms. The van der Waals surface area contributed by atoms with E-state index in [4.69, 9.17) is 0 Å². The van der Waals surface area contributed by atoms with Crippen molar-refractivity contribution in [3.05, 3.63) is 19.2 Å². The van der Waals surface area contributed by atoms with Crippen molar-refractivity contribution in [2.75, 3.05) is 0 Å². The molecule has 0 N–H and O–H groups in total. The zero-order chi connectivity index (χ0) is 6.85. The van der Waals surface area contributed by atoms with E-state index in [1.165, 1.54) is 4.68 Å². The fraction of sp³-hybridized carbons (Fsp3) is 0.500. The second-order valence-electron chi connectivity index (χ2n) is 2.30. The number of nitrogens with zero attached hydrogens (tertiary/aromatic N) is 3. The van der Waals surface area contributed by atoms with Crippen LogP contribution >= 0.6 is 0 Å². The molecule has 1 heterocycles. The van der Waals surface area contributed by atoms with E-state index in [-0.39, 0.29) is 0 Å². The van der Waals surface area contributed by atoms with Gasteiger partial charge in [0, 0.05) is 5.92 Å². The monoisotopic (exact) mass is 124 g/mol. The first-order chi connectivity index (χ1) is 4.20. The van der Waals surface area contributed by atoms with E-state index in [2.05, 4.69) is 31.0 Å². The predicted molar refractivity (Wildman–Crippen MR) is 34.9 cm³/mol. The molecule has 0 aromatic carbocycles. The highest BCUT2D eigenvalue weighted by molar-refractivity contribution is 4.88. The minimum Gasteiger partial charge on any atom is -0.251 e. The van der Waals surface area contributed by atoms with E-state index in [0.717, 1.165) is 5.82 Å². The maximum absolute atomic E-state index is 4.00. The van der Waals surface area contributed by atoms with Crippen LogP contribution in [0.5, 0.6) is 0 Å². The molecule has 0 saturated heterocycles. The average Bonchev–Trinajstić information content (AvgIpc) is 2.14. The summed E-state index contributed by atoms with van der Waals surface area (Å²) >= 11 is 0. The molecular weight excluding hydrogens is 114 g/mol. The van der Waals surface area contributed by atoms with Gasteiger partial charge in [-0.3, -0.25) is 4.68 Å². The molecule has 3 heteroatoms. The number of rotatable bonds is 1. The highest BCUT2D eigenvalue weighted by Gasteiger charge is 2.01. The zero-order valence-corrected chi connectivity index (χ0v) is 5.70. The lowest BCUT2D eigenvalue weighted by atomic mass is 10.2. The lowest BCUT2D eigenvalue weighted by Gasteiger charge is -1.93. The van der Waals surface area contributed by atoms with Gasteiger partial charge in [-0.05, 0) is 0 Å². The maximum Gasteiger partial charge on any atom is 0.153 e. The van der Waals surface area contributed by atoms with E-state index >= 15 is 0 Å². The van der Waals surface area contributed by atoms with Crippen LogP contribution in [0.25, 0.3) is 0 Å². The molecule has 0 fully saturated rings. The molecule has 0 unspecified atom stereocenters. The van der Waals surface area contributed by atoms with Gasteiger partial charge in [0.25, 0.3) is 0 Å². The lowest BCUT2D eigenvalue weighted by Crippen LogP contribution is -1.91. The third-order valence-corrected chi connectivity index (χ3v) is 1.07. The van der Waals surface area contributed by atoms with Crippen LogP contribution in [0.2, 0.25) is 0 Å². The quantitative estimate of drug-likeness (QED) is 0.560. The molecule has 0 amide bonds. The lowest BCUT2D eigenvalue weighted by molar-refractivity contribution is 0.752. The van der Waals surface area contributed by atoms with Crippen LogP contribution < -0.4 is 0 Å². The fourth-order valence-corrected chi connectivity index (χ4v) is 0.574. The molecule has 0 aliphatic heterocycles. The van der Waals surface area contributed by atoms with E-state index in [0.29, 0.717) is 5.92 Å². The molecule has 0 saturated carbocycles. The Labute approximate surface area is 54.7 Å². The van der Waals surface area contributed by atoms with Gasteiger partial charge in [-0.15, -0.1) is 0 Å². The summed E-state index contributed by atoms with van der Waals surface area (Å²) in [5.74, 6) is 1.25. The van der Waals surface area contributed by atoms with Gasteiger partial charge in [0.1, 0.15) is 6.33 Å². The first kappa shape index (κ1) is 6.26. The van der Waals surface area contributed by atoms with Crippen LogP contribution in [0, 0.1) is 7.05 Å². The maximum atomic E-state index is 4.00. The summed E-state index contributed by atoms with van der Waals surface area (Å²) in [6, 6.07) is 0. The van der Waals surface area contributed by atoms with Crippen molar-refractivity contribution in [3.8, 4) is 0 Å². The van der Waals surface area contributed by atoms with Gasteiger partial charge in [0.2, 0.25) is 0 Å². The predicted octanol–water partition coefficient (Wildman–Crippen LogP) is 1.04. The van der Waals surface area contributed by atoms with Gasteiger partial charge < -0.3 is 0 Å². The van der Waals surface area contributed by atoms with Crippen LogP contribution in [-0.4, -0.2) is 14.8 Å². The van der Waals surface area contributed by atoms with Crippen molar-refractivity contribution in [3.63, 3.8) is 0 Å². The van der Waals surface area contributed by atoms with Gasteiger partial charge in [0.05, 0.1) is 7.05 Å². The number of aromatic nitrogens is 3. The summed E-state index contributed by atoms with van der Waals surface area (Å²) in [5, 5.41) is 4.00. The van der Waals surface area contributed by atoms with Crippen LogP contribution in [0.1, 0.15) is 25.6 Å². The van der Waals surface area contributed by atoms with E-state index in [1.54, 1.807) is 6.33 Å². The summed E-state index contributed by atoms with van der Waals surface area (Å²) < 4.78 is 1.47. The molecule has 49 valence electrons. The zero-order valence-electron chi connectivity index (χ0n) is 5.70. The summed E-state index contributed by atoms with van der Waals surface area (Å²) in [5.41, 5.74) is 0. The Balaban J connectivity index is 2.85. The third kappa shape index (κ3) is 1.28. The standard InChI is InChI=1S/C6H10N3/c1-5(2)6-7-4-9(3)8-6/h4-5H,3H2,1-2H3. The summed E-state index contributed by atoms with van der Waals surface area (Å²) in [7, 11) is 3.57. The largest absolute Gasteiger partial charge is 0.251 e.